The highest BCUT2D eigenvalue weighted by Crippen LogP contribution is 2.45. The molecule has 1 amide bonds. The lowest BCUT2D eigenvalue weighted by Gasteiger charge is -2.20. The van der Waals surface area contributed by atoms with E-state index in [0.29, 0.717) is 12.6 Å². The molecule has 1 aliphatic carbocycles. The number of carbonyl (C=O) groups is 1. The number of hydrogen-bond donors (Lipinski definition) is 1. The maximum Gasteiger partial charge on any atom is 0.234 e. The van der Waals surface area contributed by atoms with Gasteiger partial charge < -0.3 is 10.2 Å². The van der Waals surface area contributed by atoms with Crippen LogP contribution in [-0.2, 0) is 4.79 Å². The summed E-state index contributed by atoms with van der Waals surface area (Å²) < 4.78 is 0. The molecule has 0 aromatic heterocycles. The summed E-state index contributed by atoms with van der Waals surface area (Å²) in [5.41, 5.74) is 0. The largest absolute Gasteiger partial charge is 0.352 e. The Bertz CT molecular complexity index is 478. The van der Waals surface area contributed by atoms with Crippen LogP contribution in [-0.4, -0.2) is 37.5 Å². The second-order valence-electron chi connectivity index (χ2n) is 12.1. The smallest absolute Gasteiger partial charge is 0.234 e. The van der Waals surface area contributed by atoms with Gasteiger partial charge in [-0.15, -0.1) is 0 Å². The fraction of sp³-hybridized carbons (Fsp3) is 0.969. The van der Waals surface area contributed by atoms with Gasteiger partial charge in [0.15, 0.2) is 0 Å². The van der Waals surface area contributed by atoms with E-state index in [2.05, 4.69) is 19.2 Å². The van der Waals surface area contributed by atoms with Gasteiger partial charge in [-0.05, 0) is 45.2 Å². The highest BCUT2D eigenvalue weighted by atomic mass is 16.2. The first-order chi connectivity index (χ1) is 17.1. The molecule has 3 atom stereocenters. The van der Waals surface area contributed by atoms with Crippen molar-refractivity contribution >= 4 is 5.91 Å². The van der Waals surface area contributed by atoms with Crippen molar-refractivity contribution in [2.45, 2.75) is 168 Å². The van der Waals surface area contributed by atoms with Gasteiger partial charge in [0, 0.05) is 6.04 Å². The molecule has 0 aromatic rings. The monoisotopic (exact) mass is 493 g/mol. The standard InChI is InChI=1S/C32H64N2O/c1-5-7-9-11-13-17-21-25-31(33-32(35)28-34(3)4)26-22-18-14-16-20-24-30-27-29(30)23-19-15-12-10-8-6-2/h29-31H,5-28H2,1-4H3,(H,33,35)/t29-,30+,31-/m1/s1. The third-order valence-corrected chi connectivity index (χ3v) is 8.11. The number of rotatable bonds is 26. The van der Waals surface area contributed by atoms with Crippen molar-refractivity contribution in [1.29, 1.82) is 0 Å². The molecular formula is C32H64N2O. The average Bonchev–Trinajstić information content (AvgIpc) is 3.57. The minimum Gasteiger partial charge on any atom is -0.352 e. The van der Waals surface area contributed by atoms with E-state index in [1.165, 1.54) is 135 Å². The lowest BCUT2D eigenvalue weighted by atomic mass is 9.99. The van der Waals surface area contributed by atoms with Crippen LogP contribution in [0.1, 0.15) is 162 Å². The summed E-state index contributed by atoms with van der Waals surface area (Å²) >= 11 is 0. The highest BCUT2D eigenvalue weighted by Gasteiger charge is 2.34. The molecule has 1 rings (SSSR count). The summed E-state index contributed by atoms with van der Waals surface area (Å²) in [6, 6.07) is 0.382. The Hall–Kier alpha value is -0.570. The van der Waals surface area contributed by atoms with E-state index in [9.17, 15) is 4.79 Å². The van der Waals surface area contributed by atoms with Gasteiger partial charge in [0.05, 0.1) is 6.54 Å². The van der Waals surface area contributed by atoms with Crippen LogP contribution in [0.15, 0.2) is 0 Å². The van der Waals surface area contributed by atoms with Crippen LogP contribution in [0.5, 0.6) is 0 Å². The van der Waals surface area contributed by atoms with Gasteiger partial charge in [-0.3, -0.25) is 4.79 Å². The second kappa shape index (κ2) is 22.6. The molecule has 0 spiro atoms. The van der Waals surface area contributed by atoms with Crippen LogP contribution in [0.3, 0.4) is 0 Å². The van der Waals surface area contributed by atoms with E-state index in [4.69, 9.17) is 0 Å². The molecule has 3 nitrogen and oxygen atoms in total. The molecule has 0 radical (unpaired) electrons. The third kappa shape index (κ3) is 20.2. The molecular weight excluding hydrogens is 428 g/mol. The van der Waals surface area contributed by atoms with Gasteiger partial charge in [0.2, 0.25) is 5.91 Å². The van der Waals surface area contributed by atoms with Crippen molar-refractivity contribution in [3.05, 3.63) is 0 Å². The van der Waals surface area contributed by atoms with E-state index >= 15 is 0 Å². The van der Waals surface area contributed by atoms with Gasteiger partial charge in [-0.2, -0.15) is 0 Å². The molecule has 0 saturated heterocycles. The lowest BCUT2D eigenvalue weighted by molar-refractivity contribution is -0.122. The van der Waals surface area contributed by atoms with Crippen LogP contribution in [0.4, 0.5) is 0 Å². The van der Waals surface area contributed by atoms with E-state index in [1.54, 1.807) is 0 Å². The zero-order valence-corrected chi connectivity index (χ0v) is 24.6. The highest BCUT2D eigenvalue weighted by molar-refractivity contribution is 5.78. The quantitative estimate of drug-likeness (QED) is 0.122. The number of nitrogens with zero attached hydrogens (tertiary/aromatic N) is 1. The molecule has 208 valence electrons. The molecule has 35 heavy (non-hydrogen) atoms. The minimum absolute atomic E-state index is 0.197. The first-order valence-electron chi connectivity index (χ1n) is 16.0. The zero-order valence-electron chi connectivity index (χ0n) is 24.6. The number of amides is 1. The summed E-state index contributed by atoms with van der Waals surface area (Å²) in [6.07, 6.45) is 31.8. The number of likely N-dealkylation sites (N-methyl/N-ethyl adjacent to an activating group) is 1. The number of carbonyl (C=O) groups excluding carboxylic acids is 1. The molecule has 0 aliphatic heterocycles. The number of nitrogens with one attached hydrogen (secondary N) is 1. The molecule has 1 aliphatic rings. The third-order valence-electron chi connectivity index (χ3n) is 8.11. The molecule has 0 unspecified atom stereocenters. The molecule has 1 N–H and O–H groups in total. The maximum atomic E-state index is 12.3. The van der Waals surface area contributed by atoms with Crippen molar-refractivity contribution in [2.24, 2.45) is 11.8 Å². The van der Waals surface area contributed by atoms with Crippen molar-refractivity contribution in [2.75, 3.05) is 20.6 Å². The SMILES string of the molecule is CCCCCCCCC[C@H](CCCCCCC[C@H]1C[C@H]1CCCCCCCC)NC(=O)CN(C)C. The van der Waals surface area contributed by atoms with Gasteiger partial charge in [0.25, 0.3) is 0 Å². The molecule has 1 fully saturated rings. The second-order valence-corrected chi connectivity index (χ2v) is 12.1. The summed E-state index contributed by atoms with van der Waals surface area (Å²) in [5, 5.41) is 3.34. The topological polar surface area (TPSA) is 32.3 Å². The Morgan fingerprint density at radius 2 is 1.06 bits per heavy atom. The van der Waals surface area contributed by atoms with Crippen LogP contribution < -0.4 is 5.32 Å². The van der Waals surface area contributed by atoms with E-state index < -0.39 is 0 Å². The normalized spacial score (nSPS) is 18.2. The maximum absolute atomic E-state index is 12.3. The fourth-order valence-electron chi connectivity index (χ4n) is 5.73. The van der Waals surface area contributed by atoms with Gasteiger partial charge >= 0.3 is 0 Å². The first-order valence-corrected chi connectivity index (χ1v) is 16.0. The van der Waals surface area contributed by atoms with E-state index in [-0.39, 0.29) is 5.91 Å². The van der Waals surface area contributed by atoms with Crippen molar-refractivity contribution in [3.8, 4) is 0 Å². The molecule has 3 heteroatoms. The Labute approximate surface area is 221 Å². The fourth-order valence-corrected chi connectivity index (χ4v) is 5.73. The predicted molar refractivity (Wildman–Crippen MR) is 155 cm³/mol. The average molecular weight is 493 g/mol. The molecule has 0 bridgehead atoms. The Morgan fingerprint density at radius 3 is 1.49 bits per heavy atom. The van der Waals surface area contributed by atoms with Gasteiger partial charge in [-0.25, -0.2) is 0 Å². The Balaban J connectivity index is 2.05. The molecule has 0 aromatic carbocycles. The van der Waals surface area contributed by atoms with Crippen LogP contribution in [0.2, 0.25) is 0 Å². The summed E-state index contributed by atoms with van der Waals surface area (Å²) in [4.78, 5) is 14.3. The zero-order chi connectivity index (χ0) is 25.6. The first kappa shape index (κ1) is 32.5. The van der Waals surface area contributed by atoms with E-state index in [1.807, 2.05) is 19.0 Å². The van der Waals surface area contributed by atoms with Crippen LogP contribution in [0, 0.1) is 11.8 Å². The van der Waals surface area contributed by atoms with E-state index in [0.717, 1.165) is 24.7 Å². The summed E-state index contributed by atoms with van der Waals surface area (Å²) in [7, 11) is 3.95. The van der Waals surface area contributed by atoms with Gasteiger partial charge in [0.1, 0.15) is 0 Å². The number of hydrogen-bond acceptors (Lipinski definition) is 2. The van der Waals surface area contributed by atoms with Crippen molar-refractivity contribution in [3.63, 3.8) is 0 Å². The number of unbranched alkanes of at least 4 members (excludes halogenated alkanes) is 15. The van der Waals surface area contributed by atoms with Crippen molar-refractivity contribution in [1.82, 2.24) is 10.2 Å². The van der Waals surface area contributed by atoms with Crippen molar-refractivity contribution < 1.29 is 4.79 Å². The lowest BCUT2D eigenvalue weighted by Crippen LogP contribution is -2.40. The van der Waals surface area contributed by atoms with Crippen LogP contribution >= 0.6 is 0 Å². The molecule has 1 saturated carbocycles. The molecule has 0 heterocycles. The Kier molecular flexibility index (Phi) is 21.0. The summed E-state index contributed by atoms with van der Waals surface area (Å²) in [5.74, 6) is 2.35. The van der Waals surface area contributed by atoms with Crippen LogP contribution in [0.25, 0.3) is 0 Å². The minimum atomic E-state index is 0.197. The summed E-state index contributed by atoms with van der Waals surface area (Å²) in [6.45, 7) is 5.09. The predicted octanol–water partition coefficient (Wildman–Crippen LogP) is 9.29. The van der Waals surface area contributed by atoms with Gasteiger partial charge in [-0.1, -0.05) is 142 Å². The Morgan fingerprint density at radius 1 is 0.657 bits per heavy atom.